The van der Waals surface area contributed by atoms with Crippen molar-refractivity contribution in [3.8, 4) is 17.2 Å². The Morgan fingerprint density at radius 1 is 0.833 bits per heavy atom. The van der Waals surface area contributed by atoms with Gasteiger partial charge in [-0.25, -0.2) is 0 Å². The molecule has 1 unspecified atom stereocenters. The molecule has 0 radical (unpaired) electrons. The smallest absolute Gasteiger partial charge is 0.169 e. The molecular formula is C22H30O2. The lowest BCUT2D eigenvalue weighted by Gasteiger charge is -2.19. The molecule has 0 spiro atoms. The number of ether oxygens (including phenoxy) is 1. The van der Waals surface area contributed by atoms with Crippen LogP contribution in [0.15, 0.2) is 48.5 Å². The van der Waals surface area contributed by atoms with Crippen molar-refractivity contribution in [1.29, 1.82) is 0 Å². The second kappa shape index (κ2) is 10.0. The Morgan fingerprint density at radius 3 is 2.21 bits per heavy atom. The first-order valence-electron chi connectivity index (χ1n) is 9.31. The fourth-order valence-corrected chi connectivity index (χ4v) is 3.15. The number of phenols is 1. The molecule has 0 heterocycles. The number of rotatable bonds is 10. The SMILES string of the molecule is CCCCCCCC(CC)c1ccccc1Oc1ccccc1O. The van der Waals surface area contributed by atoms with Gasteiger partial charge < -0.3 is 9.84 Å². The van der Waals surface area contributed by atoms with E-state index in [1.165, 1.54) is 44.1 Å². The number of phenolic OH excluding ortho intramolecular Hbond substituents is 1. The summed E-state index contributed by atoms with van der Waals surface area (Å²) in [5, 5.41) is 9.96. The number of benzene rings is 2. The van der Waals surface area contributed by atoms with Crippen molar-refractivity contribution in [2.75, 3.05) is 0 Å². The van der Waals surface area contributed by atoms with Crippen LogP contribution in [0, 0.1) is 0 Å². The summed E-state index contributed by atoms with van der Waals surface area (Å²) in [6, 6.07) is 15.4. The van der Waals surface area contributed by atoms with Crippen LogP contribution in [0.2, 0.25) is 0 Å². The van der Waals surface area contributed by atoms with Crippen molar-refractivity contribution in [1.82, 2.24) is 0 Å². The third-order valence-electron chi connectivity index (χ3n) is 4.59. The Labute approximate surface area is 146 Å². The summed E-state index contributed by atoms with van der Waals surface area (Å²) in [7, 11) is 0. The van der Waals surface area contributed by atoms with Gasteiger partial charge in [-0.1, -0.05) is 76.3 Å². The van der Waals surface area contributed by atoms with Crippen molar-refractivity contribution < 1.29 is 9.84 Å². The highest BCUT2D eigenvalue weighted by atomic mass is 16.5. The molecule has 24 heavy (non-hydrogen) atoms. The van der Waals surface area contributed by atoms with Gasteiger partial charge in [0.1, 0.15) is 5.75 Å². The summed E-state index contributed by atoms with van der Waals surface area (Å²) in [5.41, 5.74) is 1.25. The molecule has 0 saturated carbocycles. The zero-order valence-electron chi connectivity index (χ0n) is 15.0. The van der Waals surface area contributed by atoms with E-state index in [4.69, 9.17) is 4.74 Å². The molecule has 0 aliphatic heterocycles. The molecule has 0 fully saturated rings. The molecule has 0 bridgehead atoms. The maximum atomic E-state index is 9.96. The van der Waals surface area contributed by atoms with E-state index in [2.05, 4.69) is 26.0 Å². The minimum Gasteiger partial charge on any atom is -0.504 e. The number of para-hydroxylation sites is 3. The first-order chi connectivity index (χ1) is 11.8. The van der Waals surface area contributed by atoms with E-state index in [-0.39, 0.29) is 5.75 Å². The molecule has 0 aliphatic rings. The zero-order chi connectivity index (χ0) is 17.2. The average Bonchev–Trinajstić information content (AvgIpc) is 2.61. The topological polar surface area (TPSA) is 29.5 Å². The minimum atomic E-state index is 0.180. The molecule has 0 aliphatic carbocycles. The predicted molar refractivity (Wildman–Crippen MR) is 101 cm³/mol. The number of aromatic hydroxyl groups is 1. The normalized spacial score (nSPS) is 12.1. The molecule has 0 saturated heterocycles. The largest absolute Gasteiger partial charge is 0.504 e. The van der Waals surface area contributed by atoms with Gasteiger partial charge in [-0.3, -0.25) is 0 Å². The zero-order valence-corrected chi connectivity index (χ0v) is 15.0. The Balaban J connectivity index is 2.07. The van der Waals surface area contributed by atoms with E-state index in [1.54, 1.807) is 18.2 Å². The highest BCUT2D eigenvalue weighted by Crippen LogP contribution is 2.37. The molecule has 2 rings (SSSR count). The van der Waals surface area contributed by atoms with E-state index >= 15 is 0 Å². The van der Waals surface area contributed by atoms with Crippen molar-refractivity contribution >= 4 is 0 Å². The molecule has 2 heteroatoms. The van der Waals surface area contributed by atoms with Gasteiger partial charge >= 0.3 is 0 Å². The molecule has 2 aromatic carbocycles. The summed E-state index contributed by atoms with van der Waals surface area (Å²) in [6.45, 7) is 4.49. The Kier molecular flexibility index (Phi) is 7.67. The van der Waals surface area contributed by atoms with E-state index in [0.717, 1.165) is 12.2 Å². The standard InChI is InChI=1S/C22H30O2/c1-3-5-6-7-8-13-18(4-2)19-14-9-11-16-21(19)24-22-17-12-10-15-20(22)23/h9-12,14-18,23H,3-8,13H2,1-2H3. The summed E-state index contributed by atoms with van der Waals surface area (Å²) in [5.74, 6) is 2.07. The Hall–Kier alpha value is -1.96. The van der Waals surface area contributed by atoms with E-state index in [9.17, 15) is 5.11 Å². The van der Waals surface area contributed by atoms with Gasteiger partial charge in [-0.2, -0.15) is 0 Å². The van der Waals surface area contributed by atoms with Crippen LogP contribution < -0.4 is 4.74 Å². The Bertz CT molecular complexity index is 606. The lowest BCUT2D eigenvalue weighted by atomic mass is 9.90. The molecule has 130 valence electrons. The van der Waals surface area contributed by atoms with Crippen molar-refractivity contribution in [2.45, 2.75) is 64.7 Å². The highest BCUT2D eigenvalue weighted by molar-refractivity contribution is 5.45. The molecule has 1 atom stereocenters. The van der Waals surface area contributed by atoms with Gasteiger partial charge in [0.2, 0.25) is 0 Å². The minimum absolute atomic E-state index is 0.180. The maximum Gasteiger partial charge on any atom is 0.169 e. The predicted octanol–water partition coefficient (Wildman–Crippen LogP) is 7.04. The Morgan fingerprint density at radius 2 is 1.50 bits per heavy atom. The number of unbranched alkanes of at least 4 members (excludes halogenated alkanes) is 4. The number of hydrogen-bond acceptors (Lipinski definition) is 2. The van der Waals surface area contributed by atoms with Gasteiger partial charge in [0.05, 0.1) is 0 Å². The highest BCUT2D eigenvalue weighted by Gasteiger charge is 2.15. The third kappa shape index (κ3) is 5.30. The van der Waals surface area contributed by atoms with Crippen molar-refractivity contribution in [3.05, 3.63) is 54.1 Å². The van der Waals surface area contributed by atoms with Crippen LogP contribution >= 0.6 is 0 Å². The molecule has 0 amide bonds. The van der Waals surface area contributed by atoms with Crippen molar-refractivity contribution in [3.63, 3.8) is 0 Å². The van der Waals surface area contributed by atoms with Gasteiger partial charge in [0.15, 0.2) is 11.5 Å². The lowest BCUT2D eigenvalue weighted by Crippen LogP contribution is -2.01. The van der Waals surface area contributed by atoms with Crippen LogP contribution in [0.25, 0.3) is 0 Å². The first-order valence-corrected chi connectivity index (χ1v) is 9.31. The quantitative estimate of drug-likeness (QED) is 0.474. The molecule has 1 N–H and O–H groups in total. The van der Waals surface area contributed by atoms with Gasteiger partial charge in [-0.15, -0.1) is 0 Å². The van der Waals surface area contributed by atoms with Crippen LogP contribution in [0.5, 0.6) is 17.2 Å². The van der Waals surface area contributed by atoms with Gasteiger partial charge in [0.25, 0.3) is 0 Å². The van der Waals surface area contributed by atoms with E-state index in [0.29, 0.717) is 11.7 Å². The van der Waals surface area contributed by atoms with Gasteiger partial charge in [-0.05, 0) is 42.5 Å². The van der Waals surface area contributed by atoms with Crippen LogP contribution in [0.4, 0.5) is 0 Å². The summed E-state index contributed by atoms with van der Waals surface area (Å²) in [6.07, 6.45) is 8.84. The second-order valence-electron chi connectivity index (χ2n) is 6.42. The van der Waals surface area contributed by atoms with Crippen molar-refractivity contribution in [2.24, 2.45) is 0 Å². The van der Waals surface area contributed by atoms with Crippen LogP contribution in [-0.2, 0) is 0 Å². The van der Waals surface area contributed by atoms with Gasteiger partial charge in [0, 0.05) is 0 Å². The second-order valence-corrected chi connectivity index (χ2v) is 6.42. The monoisotopic (exact) mass is 326 g/mol. The summed E-state index contributed by atoms with van der Waals surface area (Å²) < 4.78 is 6.02. The maximum absolute atomic E-state index is 9.96. The summed E-state index contributed by atoms with van der Waals surface area (Å²) in [4.78, 5) is 0. The fraction of sp³-hybridized carbons (Fsp3) is 0.455. The first kappa shape index (κ1) is 18.4. The number of hydrogen-bond donors (Lipinski definition) is 1. The van der Waals surface area contributed by atoms with E-state index in [1.807, 2.05) is 18.2 Å². The third-order valence-corrected chi connectivity index (χ3v) is 4.59. The molecule has 2 nitrogen and oxygen atoms in total. The van der Waals surface area contributed by atoms with Crippen LogP contribution in [-0.4, -0.2) is 5.11 Å². The molecule has 2 aromatic rings. The lowest BCUT2D eigenvalue weighted by molar-refractivity contribution is 0.404. The molecular weight excluding hydrogens is 296 g/mol. The fourth-order valence-electron chi connectivity index (χ4n) is 3.15. The van der Waals surface area contributed by atoms with Crippen LogP contribution in [0.1, 0.15) is 70.3 Å². The van der Waals surface area contributed by atoms with E-state index < -0.39 is 0 Å². The average molecular weight is 326 g/mol. The summed E-state index contributed by atoms with van der Waals surface area (Å²) >= 11 is 0. The van der Waals surface area contributed by atoms with Crippen LogP contribution in [0.3, 0.4) is 0 Å². The molecule has 0 aromatic heterocycles.